The SMILES string of the molecule is CNCc1ccc(Cl)c(S(=O)(=O)N(CCOC)C(C)C)c1. The van der Waals surface area contributed by atoms with E-state index in [-0.39, 0.29) is 16.0 Å². The lowest BCUT2D eigenvalue weighted by Crippen LogP contribution is -2.39. The number of hydrogen-bond donors (Lipinski definition) is 1. The predicted octanol–water partition coefficient (Wildman–Crippen LogP) is 2.10. The van der Waals surface area contributed by atoms with E-state index in [4.69, 9.17) is 16.3 Å². The summed E-state index contributed by atoms with van der Waals surface area (Å²) in [5.41, 5.74) is 0.871. The van der Waals surface area contributed by atoms with Gasteiger partial charge in [0.2, 0.25) is 10.0 Å². The summed E-state index contributed by atoms with van der Waals surface area (Å²) in [7, 11) is -0.296. The predicted molar refractivity (Wildman–Crippen MR) is 85.1 cm³/mol. The summed E-state index contributed by atoms with van der Waals surface area (Å²) in [6.07, 6.45) is 0. The van der Waals surface area contributed by atoms with Gasteiger partial charge in [0.1, 0.15) is 4.90 Å². The van der Waals surface area contributed by atoms with Crippen LogP contribution in [0.1, 0.15) is 19.4 Å². The Bertz CT molecular complexity index is 561. The molecule has 5 nitrogen and oxygen atoms in total. The molecule has 0 saturated heterocycles. The van der Waals surface area contributed by atoms with Gasteiger partial charge in [-0.15, -0.1) is 0 Å². The van der Waals surface area contributed by atoms with Crippen molar-refractivity contribution in [2.75, 3.05) is 27.3 Å². The first-order valence-corrected chi connectivity index (χ1v) is 8.60. The molecule has 0 atom stereocenters. The van der Waals surface area contributed by atoms with Crippen LogP contribution in [-0.2, 0) is 21.3 Å². The number of ether oxygens (including phenoxy) is 1. The van der Waals surface area contributed by atoms with E-state index >= 15 is 0 Å². The fourth-order valence-electron chi connectivity index (χ4n) is 2.02. The van der Waals surface area contributed by atoms with Gasteiger partial charge < -0.3 is 10.1 Å². The van der Waals surface area contributed by atoms with E-state index in [1.54, 1.807) is 19.2 Å². The average molecular weight is 335 g/mol. The molecule has 0 bridgehead atoms. The van der Waals surface area contributed by atoms with Crippen LogP contribution in [-0.4, -0.2) is 46.1 Å². The second-order valence-electron chi connectivity index (χ2n) is 5.00. The molecule has 7 heteroatoms. The lowest BCUT2D eigenvalue weighted by Gasteiger charge is -2.26. The van der Waals surface area contributed by atoms with Crippen LogP contribution in [0.4, 0.5) is 0 Å². The smallest absolute Gasteiger partial charge is 0.244 e. The number of halogens is 1. The van der Waals surface area contributed by atoms with E-state index in [0.717, 1.165) is 5.56 Å². The van der Waals surface area contributed by atoms with Crippen molar-refractivity contribution in [1.29, 1.82) is 0 Å². The van der Waals surface area contributed by atoms with Gasteiger partial charge in [-0.2, -0.15) is 4.31 Å². The third kappa shape index (κ3) is 4.66. The highest BCUT2D eigenvalue weighted by atomic mass is 35.5. The monoisotopic (exact) mass is 334 g/mol. The third-order valence-corrected chi connectivity index (χ3v) is 5.61. The molecule has 1 aromatic carbocycles. The summed E-state index contributed by atoms with van der Waals surface area (Å²) < 4.78 is 32.0. The largest absolute Gasteiger partial charge is 0.383 e. The van der Waals surface area contributed by atoms with Gasteiger partial charge in [0.25, 0.3) is 0 Å². The first kappa shape index (κ1) is 18.4. The fourth-order valence-corrected chi connectivity index (χ4v) is 4.17. The number of methoxy groups -OCH3 is 1. The minimum atomic E-state index is -3.65. The summed E-state index contributed by atoms with van der Waals surface area (Å²) >= 11 is 6.11. The normalized spacial score (nSPS) is 12.3. The first-order chi connectivity index (χ1) is 9.84. The quantitative estimate of drug-likeness (QED) is 0.791. The number of sulfonamides is 1. The van der Waals surface area contributed by atoms with Crippen molar-refractivity contribution in [3.63, 3.8) is 0 Å². The van der Waals surface area contributed by atoms with Crippen LogP contribution < -0.4 is 5.32 Å². The minimum absolute atomic E-state index is 0.140. The van der Waals surface area contributed by atoms with Gasteiger partial charge in [-0.05, 0) is 38.6 Å². The van der Waals surface area contributed by atoms with E-state index in [1.807, 2.05) is 27.0 Å². The molecule has 0 spiro atoms. The molecule has 0 aromatic heterocycles. The average Bonchev–Trinajstić information content (AvgIpc) is 2.41. The number of benzene rings is 1. The molecule has 0 aliphatic carbocycles. The van der Waals surface area contributed by atoms with E-state index in [2.05, 4.69) is 5.32 Å². The molecule has 0 aliphatic heterocycles. The third-order valence-electron chi connectivity index (χ3n) is 3.05. The van der Waals surface area contributed by atoms with Gasteiger partial charge in [-0.25, -0.2) is 8.42 Å². The van der Waals surface area contributed by atoms with Crippen molar-refractivity contribution in [3.05, 3.63) is 28.8 Å². The van der Waals surface area contributed by atoms with Gasteiger partial charge in [0.15, 0.2) is 0 Å². The number of rotatable bonds is 8. The molecule has 0 fully saturated rings. The van der Waals surface area contributed by atoms with Crippen LogP contribution >= 0.6 is 11.6 Å². The molecule has 1 aromatic rings. The molecule has 0 unspecified atom stereocenters. The van der Waals surface area contributed by atoms with Crippen molar-refractivity contribution < 1.29 is 13.2 Å². The van der Waals surface area contributed by atoms with Crippen molar-refractivity contribution in [3.8, 4) is 0 Å². The number of nitrogens with one attached hydrogen (secondary N) is 1. The molecule has 0 heterocycles. The number of hydrogen-bond acceptors (Lipinski definition) is 4. The maximum absolute atomic E-state index is 12.8. The maximum Gasteiger partial charge on any atom is 0.244 e. The molecule has 0 aliphatic rings. The Labute approximate surface area is 132 Å². The maximum atomic E-state index is 12.8. The highest BCUT2D eigenvalue weighted by Gasteiger charge is 2.28. The van der Waals surface area contributed by atoms with Crippen molar-refractivity contribution in [1.82, 2.24) is 9.62 Å². The van der Waals surface area contributed by atoms with Gasteiger partial charge >= 0.3 is 0 Å². The van der Waals surface area contributed by atoms with Crippen molar-refractivity contribution in [2.24, 2.45) is 0 Å². The Morgan fingerprint density at radius 2 is 2.05 bits per heavy atom. The van der Waals surface area contributed by atoms with Gasteiger partial charge in [-0.1, -0.05) is 17.7 Å². The van der Waals surface area contributed by atoms with E-state index in [1.165, 1.54) is 4.31 Å². The van der Waals surface area contributed by atoms with Gasteiger partial charge in [0.05, 0.1) is 11.6 Å². The Hall–Kier alpha value is -0.660. The molecule has 1 rings (SSSR count). The van der Waals surface area contributed by atoms with Crippen molar-refractivity contribution >= 4 is 21.6 Å². The van der Waals surface area contributed by atoms with Crippen LogP contribution in [0.2, 0.25) is 5.02 Å². The standard InChI is InChI=1S/C14H23ClN2O3S/c1-11(2)17(7-8-20-4)21(18,19)14-9-12(10-16-3)5-6-13(14)15/h5-6,9,11,16H,7-8,10H2,1-4H3. The second kappa shape index (κ2) is 8.10. The van der Waals surface area contributed by atoms with Crippen LogP contribution in [0, 0.1) is 0 Å². The topological polar surface area (TPSA) is 58.6 Å². The lowest BCUT2D eigenvalue weighted by atomic mass is 10.2. The second-order valence-corrected chi connectivity index (χ2v) is 7.26. The summed E-state index contributed by atoms with van der Waals surface area (Å²) in [4.78, 5) is 0.140. The van der Waals surface area contributed by atoms with Crippen LogP contribution in [0.25, 0.3) is 0 Å². The van der Waals surface area contributed by atoms with Crippen LogP contribution in [0.5, 0.6) is 0 Å². The Morgan fingerprint density at radius 3 is 2.57 bits per heavy atom. The molecule has 1 N–H and O–H groups in total. The van der Waals surface area contributed by atoms with E-state index in [0.29, 0.717) is 19.7 Å². The van der Waals surface area contributed by atoms with Gasteiger partial charge in [0, 0.05) is 26.2 Å². The molecule has 21 heavy (non-hydrogen) atoms. The summed E-state index contributed by atoms with van der Waals surface area (Å²) in [5, 5.41) is 3.23. The molecular weight excluding hydrogens is 312 g/mol. The Balaban J connectivity index is 3.23. The molecular formula is C14H23ClN2O3S. The van der Waals surface area contributed by atoms with Gasteiger partial charge in [-0.3, -0.25) is 0 Å². The van der Waals surface area contributed by atoms with E-state index < -0.39 is 10.0 Å². The molecule has 0 saturated carbocycles. The highest BCUT2D eigenvalue weighted by Crippen LogP contribution is 2.27. The first-order valence-electron chi connectivity index (χ1n) is 6.78. The highest BCUT2D eigenvalue weighted by molar-refractivity contribution is 7.89. The Morgan fingerprint density at radius 1 is 1.38 bits per heavy atom. The molecule has 0 radical (unpaired) electrons. The minimum Gasteiger partial charge on any atom is -0.383 e. The van der Waals surface area contributed by atoms with Crippen LogP contribution in [0.15, 0.2) is 23.1 Å². The van der Waals surface area contributed by atoms with E-state index in [9.17, 15) is 8.42 Å². The zero-order valence-corrected chi connectivity index (χ0v) is 14.5. The zero-order chi connectivity index (χ0) is 16.0. The fraction of sp³-hybridized carbons (Fsp3) is 0.571. The van der Waals surface area contributed by atoms with Crippen molar-refractivity contribution in [2.45, 2.75) is 31.3 Å². The summed E-state index contributed by atoms with van der Waals surface area (Å²) in [6.45, 7) is 4.88. The summed E-state index contributed by atoms with van der Waals surface area (Å²) in [6, 6.07) is 4.88. The molecule has 0 amide bonds. The Kier molecular flexibility index (Phi) is 7.09. The molecule has 120 valence electrons. The summed E-state index contributed by atoms with van der Waals surface area (Å²) in [5.74, 6) is 0. The van der Waals surface area contributed by atoms with Crippen LogP contribution in [0.3, 0.4) is 0 Å². The number of nitrogens with zero attached hydrogens (tertiary/aromatic N) is 1. The lowest BCUT2D eigenvalue weighted by molar-refractivity contribution is 0.171. The zero-order valence-electron chi connectivity index (χ0n) is 12.9.